The molecule has 0 aliphatic heterocycles. The summed E-state index contributed by atoms with van der Waals surface area (Å²) in [4.78, 5) is 13.8. The van der Waals surface area contributed by atoms with Gasteiger partial charge in [-0.2, -0.15) is 0 Å². The van der Waals surface area contributed by atoms with Crippen LogP contribution in [0.25, 0.3) is 0 Å². The van der Waals surface area contributed by atoms with E-state index < -0.39 is 6.10 Å². The maximum atomic E-state index is 11.9. The van der Waals surface area contributed by atoms with E-state index >= 15 is 0 Å². The zero-order valence-corrected chi connectivity index (χ0v) is 11.5. The van der Waals surface area contributed by atoms with Gasteiger partial charge in [-0.05, 0) is 40.1 Å². The number of carbonyl (C=O) groups is 1. The average molecular weight is 250 g/mol. The molecule has 0 aliphatic carbocycles. The first-order valence-corrected chi connectivity index (χ1v) is 6.08. The summed E-state index contributed by atoms with van der Waals surface area (Å²) in [6, 6.07) is 5.72. The van der Waals surface area contributed by atoms with Crippen LogP contribution in [-0.2, 0) is 0 Å². The molecule has 0 bridgehead atoms. The molecule has 0 saturated heterocycles. The summed E-state index contributed by atoms with van der Waals surface area (Å²) in [5.74, 6) is -0.139. The van der Waals surface area contributed by atoms with Gasteiger partial charge in [-0.25, -0.2) is 0 Å². The van der Waals surface area contributed by atoms with Gasteiger partial charge in [0.05, 0.1) is 6.10 Å². The van der Waals surface area contributed by atoms with Crippen LogP contribution in [0.5, 0.6) is 0 Å². The maximum Gasteiger partial charge on any atom is 0.251 e. The van der Waals surface area contributed by atoms with Gasteiger partial charge in [0.25, 0.3) is 5.91 Å². The highest BCUT2D eigenvalue weighted by Crippen LogP contribution is 2.08. The molecule has 0 saturated carbocycles. The van der Waals surface area contributed by atoms with Crippen LogP contribution in [0.4, 0.5) is 0 Å². The molecule has 1 amide bonds. The molecule has 1 aromatic rings. The van der Waals surface area contributed by atoms with Crippen LogP contribution in [0.3, 0.4) is 0 Å². The second-order valence-electron chi connectivity index (χ2n) is 5.00. The number of benzene rings is 1. The molecule has 0 fully saturated rings. The third-order valence-corrected chi connectivity index (χ3v) is 2.56. The highest BCUT2D eigenvalue weighted by Gasteiger charge is 2.10. The number of hydrogen-bond acceptors (Lipinski definition) is 3. The van der Waals surface area contributed by atoms with Gasteiger partial charge in [0.15, 0.2) is 0 Å². The molecule has 2 N–H and O–H groups in total. The molecule has 0 aliphatic rings. The Morgan fingerprint density at radius 1 is 1.28 bits per heavy atom. The quantitative estimate of drug-likeness (QED) is 0.818. The van der Waals surface area contributed by atoms with Crippen LogP contribution in [0.2, 0.25) is 0 Å². The Hall–Kier alpha value is -1.39. The third-order valence-electron chi connectivity index (χ3n) is 2.56. The Morgan fingerprint density at radius 2 is 1.83 bits per heavy atom. The summed E-state index contributed by atoms with van der Waals surface area (Å²) in [6.07, 6.45) is -0.546. The molecular weight excluding hydrogens is 228 g/mol. The van der Waals surface area contributed by atoms with Crippen molar-refractivity contribution < 1.29 is 9.90 Å². The number of aryl methyl sites for hydroxylation is 2. The number of aliphatic hydroxyl groups is 1. The summed E-state index contributed by atoms with van der Waals surface area (Å²) in [7, 11) is 3.77. The fraction of sp³-hybridized carbons (Fsp3) is 0.500. The molecule has 1 aromatic carbocycles. The number of nitrogens with zero attached hydrogens (tertiary/aromatic N) is 1. The lowest BCUT2D eigenvalue weighted by Gasteiger charge is -2.16. The minimum atomic E-state index is -0.546. The number of rotatable bonds is 5. The zero-order valence-electron chi connectivity index (χ0n) is 11.5. The number of aliphatic hydroxyl groups excluding tert-OH is 1. The largest absolute Gasteiger partial charge is 0.390 e. The molecule has 4 nitrogen and oxygen atoms in total. The molecule has 4 heteroatoms. The van der Waals surface area contributed by atoms with Crippen molar-refractivity contribution in [2.45, 2.75) is 20.0 Å². The van der Waals surface area contributed by atoms with Crippen molar-refractivity contribution in [1.82, 2.24) is 10.2 Å². The van der Waals surface area contributed by atoms with Gasteiger partial charge in [0.2, 0.25) is 0 Å². The summed E-state index contributed by atoms with van der Waals surface area (Å²) in [5, 5.41) is 12.4. The van der Waals surface area contributed by atoms with E-state index in [0.717, 1.165) is 11.1 Å². The molecule has 1 rings (SSSR count). The predicted molar refractivity (Wildman–Crippen MR) is 72.8 cm³/mol. The number of amides is 1. The Kier molecular flexibility index (Phi) is 5.31. The maximum absolute atomic E-state index is 11.9. The lowest BCUT2D eigenvalue weighted by molar-refractivity contribution is 0.0892. The molecule has 0 spiro atoms. The zero-order chi connectivity index (χ0) is 13.7. The summed E-state index contributed by atoms with van der Waals surface area (Å²) < 4.78 is 0. The van der Waals surface area contributed by atoms with E-state index in [2.05, 4.69) is 5.32 Å². The van der Waals surface area contributed by atoms with Gasteiger partial charge in [-0.1, -0.05) is 17.2 Å². The van der Waals surface area contributed by atoms with Gasteiger partial charge >= 0.3 is 0 Å². The van der Waals surface area contributed by atoms with E-state index in [1.807, 2.05) is 51.0 Å². The van der Waals surface area contributed by atoms with Gasteiger partial charge in [-0.15, -0.1) is 0 Å². The molecule has 1 unspecified atom stereocenters. The van der Waals surface area contributed by atoms with Crippen LogP contribution in [0.1, 0.15) is 21.5 Å². The summed E-state index contributed by atoms with van der Waals surface area (Å²) >= 11 is 0. The van der Waals surface area contributed by atoms with Crippen molar-refractivity contribution >= 4 is 5.91 Å². The number of carbonyl (C=O) groups excluding carboxylic acids is 1. The molecular formula is C14H22N2O2. The van der Waals surface area contributed by atoms with Crippen LogP contribution in [0.15, 0.2) is 18.2 Å². The lowest BCUT2D eigenvalue weighted by atomic mass is 10.1. The first-order valence-electron chi connectivity index (χ1n) is 6.08. The van der Waals surface area contributed by atoms with Crippen molar-refractivity contribution in [2.75, 3.05) is 27.2 Å². The van der Waals surface area contributed by atoms with E-state index in [1.165, 1.54) is 0 Å². The smallest absolute Gasteiger partial charge is 0.251 e. The number of likely N-dealkylation sites (N-methyl/N-ethyl adjacent to an activating group) is 1. The van der Waals surface area contributed by atoms with Crippen LogP contribution < -0.4 is 5.32 Å². The Labute approximate surface area is 109 Å². The standard InChI is InChI=1S/C14H22N2O2/c1-10-5-11(2)7-12(6-10)14(18)15-8-13(17)9-16(3)4/h5-7,13,17H,8-9H2,1-4H3,(H,15,18). The highest BCUT2D eigenvalue weighted by molar-refractivity contribution is 5.94. The minimum Gasteiger partial charge on any atom is -0.390 e. The minimum absolute atomic E-state index is 0.139. The normalized spacial score (nSPS) is 12.6. The van der Waals surface area contributed by atoms with Crippen molar-refractivity contribution in [2.24, 2.45) is 0 Å². The van der Waals surface area contributed by atoms with Crippen molar-refractivity contribution in [3.63, 3.8) is 0 Å². The lowest BCUT2D eigenvalue weighted by Crippen LogP contribution is -2.37. The Morgan fingerprint density at radius 3 is 2.33 bits per heavy atom. The van der Waals surface area contributed by atoms with Crippen LogP contribution >= 0.6 is 0 Å². The van der Waals surface area contributed by atoms with Crippen LogP contribution in [-0.4, -0.2) is 49.2 Å². The Bertz CT molecular complexity index is 396. The van der Waals surface area contributed by atoms with E-state index in [1.54, 1.807) is 0 Å². The van der Waals surface area contributed by atoms with Gasteiger partial charge in [0, 0.05) is 18.7 Å². The van der Waals surface area contributed by atoms with E-state index in [0.29, 0.717) is 12.1 Å². The summed E-state index contributed by atoms with van der Waals surface area (Å²) in [5.41, 5.74) is 2.77. The Balaban J connectivity index is 2.55. The molecule has 18 heavy (non-hydrogen) atoms. The van der Waals surface area contributed by atoms with E-state index in [9.17, 15) is 9.90 Å². The predicted octanol–water partition coefficient (Wildman–Crippen LogP) is 0.956. The van der Waals surface area contributed by atoms with Gasteiger partial charge in [-0.3, -0.25) is 4.79 Å². The van der Waals surface area contributed by atoms with E-state index in [4.69, 9.17) is 0 Å². The van der Waals surface area contributed by atoms with Crippen molar-refractivity contribution in [3.05, 3.63) is 34.9 Å². The number of nitrogens with one attached hydrogen (secondary N) is 1. The summed E-state index contributed by atoms with van der Waals surface area (Å²) in [6.45, 7) is 4.73. The third kappa shape index (κ3) is 4.85. The van der Waals surface area contributed by atoms with Crippen LogP contribution in [0, 0.1) is 13.8 Å². The van der Waals surface area contributed by atoms with Gasteiger partial charge in [0.1, 0.15) is 0 Å². The SMILES string of the molecule is Cc1cc(C)cc(C(=O)NCC(O)CN(C)C)c1. The average Bonchev–Trinajstić information content (AvgIpc) is 2.23. The van der Waals surface area contributed by atoms with Crippen molar-refractivity contribution in [3.8, 4) is 0 Å². The molecule has 0 radical (unpaired) electrons. The molecule has 100 valence electrons. The number of hydrogen-bond donors (Lipinski definition) is 2. The van der Waals surface area contributed by atoms with E-state index in [-0.39, 0.29) is 12.5 Å². The first kappa shape index (κ1) is 14.7. The second kappa shape index (κ2) is 6.52. The first-order chi connectivity index (χ1) is 8.38. The molecule has 1 atom stereocenters. The fourth-order valence-electron chi connectivity index (χ4n) is 1.90. The van der Waals surface area contributed by atoms with Gasteiger partial charge < -0.3 is 15.3 Å². The highest BCUT2D eigenvalue weighted by atomic mass is 16.3. The second-order valence-corrected chi connectivity index (χ2v) is 5.00. The van der Waals surface area contributed by atoms with Crippen molar-refractivity contribution in [1.29, 1.82) is 0 Å². The molecule has 0 aromatic heterocycles. The topological polar surface area (TPSA) is 52.6 Å². The fourth-order valence-corrected chi connectivity index (χ4v) is 1.90. The molecule has 0 heterocycles. The monoisotopic (exact) mass is 250 g/mol.